The van der Waals surface area contributed by atoms with Crippen LogP contribution in [0.4, 0.5) is 5.69 Å². The summed E-state index contributed by atoms with van der Waals surface area (Å²) in [5.41, 5.74) is 1.77. The van der Waals surface area contributed by atoms with E-state index in [9.17, 15) is 14.7 Å². The molecule has 0 fully saturated rings. The van der Waals surface area contributed by atoms with Crippen LogP contribution in [0.5, 0.6) is 11.5 Å². The molecule has 0 saturated carbocycles. The minimum Gasteiger partial charge on any atom is -0.507 e. The number of methoxy groups -OCH3 is 1. The normalized spacial score (nSPS) is 10.4. The van der Waals surface area contributed by atoms with Crippen molar-refractivity contribution in [2.24, 2.45) is 5.92 Å². The molecule has 0 unspecified atom stereocenters. The van der Waals surface area contributed by atoms with Crippen LogP contribution < -0.4 is 15.4 Å². The number of rotatable bonds is 6. The largest absolute Gasteiger partial charge is 0.507 e. The Bertz CT molecular complexity index is 755. The van der Waals surface area contributed by atoms with E-state index < -0.39 is 0 Å². The van der Waals surface area contributed by atoms with Gasteiger partial charge in [0.05, 0.1) is 12.7 Å². The standard InChI is InChI=1S/C19H22N2O4/c1-12(2)18(23)21-14-6-4-13(5-7-14)11-20-19(24)16-9-8-15(25-3)10-17(16)22/h4-10,12,22H,11H2,1-3H3,(H,20,24)(H,21,23). The number of phenolic OH excluding ortho intramolecular Hbond substituents is 1. The average Bonchev–Trinajstić information content (AvgIpc) is 2.60. The molecule has 0 radical (unpaired) electrons. The molecule has 6 nitrogen and oxygen atoms in total. The van der Waals surface area contributed by atoms with Crippen molar-refractivity contribution in [2.75, 3.05) is 12.4 Å². The van der Waals surface area contributed by atoms with Gasteiger partial charge >= 0.3 is 0 Å². The van der Waals surface area contributed by atoms with Crippen molar-refractivity contribution in [3.05, 3.63) is 53.6 Å². The van der Waals surface area contributed by atoms with Crippen LogP contribution >= 0.6 is 0 Å². The van der Waals surface area contributed by atoms with E-state index in [0.717, 1.165) is 5.56 Å². The summed E-state index contributed by atoms with van der Waals surface area (Å²) in [7, 11) is 1.49. The van der Waals surface area contributed by atoms with Gasteiger partial charge in [-0.3, -0.25) is 9.59 Å². The van der Waals surface area contributed by atoms with Crippen LogP contribution in [-0.4, -0.2) is 24.0 Å². The van der Waals surface area contributed by atoms with Crippen molar-refractivity contribution in [3.8, 4) is 11.5 Å². The second-order valence-electron chi connectivity index (χ2n) is 5.91. The topological polar surface area (TPSA) is 87.7 Å². The van der Waals surface area contributed by atoms with Crippen LogP contribution in [0.15, 0.2) is 42.5 Å². The first-order valence-corrected chi connectivity index (χ1v) is 7.95. The highest BCUT2D eigenvalue weighted by Gasteiger charge is 2.12. The van der Waals surface area contributed by atoms with Gasteiger partial charge in [-0.1, -0.05) is 26.0 Å². The van der Waals surface area contributed by atoms with E-state index in [0.29, 0.717) is 18.0 Å². The Morgan fingerprint density at radius 3 is 2.36 bits per heavy atom. The Labute approximate surface area is 146 Å². The highest BCUT2D eigenvalue weighted by atomic mass is 16.5. The SMILES string of the molecule is COc1ccc(C(=O)NCc2ccc(NC(=O)C(C)C)cc2)c(O)c1. The lowest BCUT2D eigenvalue weighted by Gasteiger charge is -2.10. The fraction of sp³-hybridized carbons (Fsp3) is 0.263. The number of ether oxygens (including phenoxy) is 1. The van der Waals surface area contributed by atoms with Crippen molar-refractivity contribution >= 4 is 17.5 Å². The smallest absolute Gasteiger partial charge is 0.255 e. The minimum atomic E-state index is -0.377. The first kappa shape index (κ1) is 18.3. The Balaban J connectivity index is 1.94. The van der Waals surface area contributed by atoms with Gasteiger partial charge in [0.25, 0.3) is 5.91 Å². The molecule has 6 heteroatoms. The second-order valence-corrected chi connectivity index (χ2v) is 5.91. The molecule has 0 aromatic heterocycles. The van der Waals surface area contributed by atoms with E-state index >= 15 is 0 Å². The summed E-state index contributed by atoms with van der Waals surface area (Å²) in [5, 5.41) is 15.4. The molecule has 25 heavy (non-hydrogen) atoms. The predicted molar refractivity (Wildman–Crippen MR) is 95.7 cm³/mol. The van der Waals surface area contributed by atoms with Gasteiger partial charge in [-0.05, 0) is 29.8 Å². The molecule has 0 spiro atoms. The number of hydrogen-bond donors (Lipinski definition) is 3. The van der Waals surface area contributed by atoms with E-state index in [1.807, 2.05) is 26.0 Å². The molecule has 0 heterocycles. The molecule has 0 aliphatic rings. The van der Waals surface area contributed by atoms with Crippen molar-refractivity contribution in [3.63, 3.8) is 0 Å². The maximum atomic E-state index is 12.2. The first-order valence-electron chi connectivity index (χ1n) is 7.95. The fourth-order valence-electron chi connectivity index (χ4n) is 2.10. The fourth-order valence-corrected chi connectivity index (χ4v) is 2.10. The number of hydrogen-bond acceptors (Lipinski definition) is 4. The zero-order valence-corrected chi connectivity index (χ0v) is 14.5. The number of carbonyl (C=O) groups excluding carboxylic acids is 2. The molecule has 0 saturated heterocycles. The number of phenols is 1. The second kappa shape index (κ2) is 8.19. The van der Waals surface area contributed by atoms with Crippen LogP contribution in [0.3, 0.4) is 0 Å². The molecule has 0 atom stereocenters. The van der Waals surface area contributed by atoms with Crippen molar-refractivity contribution < 1.29 is 19.4 Å². The predicted octanol–water partition coefficient (Wildman–Crippen LogP) is 2.93. The van der Waals surface area contributed by atoms with E-state index in [-0.39, 0.29) is 29.0 Å². The molecule has 0 aliphatic heterocycles. The minimum absolute atomic E-state index is 0.0453. The van der Waals surface area contributed by atoms with Crippen molar-refractivity contribution in [2.45, 2.75) is 20.4 Å². The van der Waals surface area contributed by atoms with E-state index in [2.05, 4.69) is 10.6 Å². The Morgan fingerprint density at radius 1 is 1.12 bits per heavy atom. The number of aromatic hydroxyl groups is 1. The van der Waals surface area contributed by atoms with Crippen LogP contribution in [-0.2, 0) is 11.3 Å². The summed E-state index contributed by atoms with van der Waals surface area (Å²) in [6.45, 7) is 3.96. The molecule has 3 N–H and O–H groups in total. The molecule has 2 aromatic rings. The monoisotopic (exact) mass is 342 g/mol. The van der Waals surface area contributed by atoms with E-state index in [1.165, 1.54) is 19.2 Å². The van der Waals surface area contributed by atoms with Crippen LogP contribution in [0, 0.1) is 5.92 Å². The third-order valence-electron chi connectivity index (χ3n) is 3.65. The summed E-state index contributed by atoms with van der Waals surface area (Å²) in [6.07, 6.45) is 0. The zero-order valence-electron chi connectivity index (χ0n) is 14.5. The van der Waals surface area contributed by atoms with Crippen molar-refractivity contribution in [1.82, 2.24) is 5.32 Å². The van der Waals surface area contributed by atoms with Crippen LogP contribution in [0.2, 0.25) is 0 Å². The third-order valence-corrected chi connectivity index (χ3v) is 3.65. The number of nitrogens with one attached hydrogen (secondary N) is 2. The highest BCUT2D eigenvalue weighted by Crippen LogP contribution is 2.23. The molecule has 132 valence electrons. The van der Waals surface area contributed by atoms with Gasteiger partial charge < -0.3 is 20.5 Å². The molecular formula is C19H22N2O4. The van der Waals surface area contributed by atoms with Crippen LogP contribution in [0.1, 0.15) is 29.8 Å². The lowest BCUT2D eigenvalue weighted by molar-refractivity contribution is -0.118. The number of carbonyl (C=O) groups is 2. The van der Waals surface area contributed by atoms with Gasteiger partial charge in [0.15, 0.2) is 0 Å². The first-order chi connectivity index (χ1) is 11.9. The van der Waals surface area contributed by atoms with E-state index in [1.54, 1.807) is 18.2 Å². The Hall–Kier alpha value is -3.02. The zero-order chi connectivity index (χ0) is 18.4. The van der Waals surface area contributed by atoms with Gasteiger partial charge in [-0.15, -0.1) is 0 Å². The maximum Gasteiger partial charge on any atom is 0.255 e. The Morgan fingerprint density at radius 2 is 1.80 bits per heavy atom. The summed E-state index contributed by atoms with van der Waals surface area (Å²) >= 11 is 0. The van der Waals surface area contributed by atoms with Gasteiger partial charge in [-0.2, -0.15) is 0 Å². The lowest BCUT2D eigenvalue weighted by atomic mass is 10.1. The van der Waals surface area contributed by atoms with Gasteiger partial charge in [-0.25, -0.2) is 0 Å². The average molecular weight is 342 g/mol. The van der Waals surface area contributed by atoms with Gasteiger partial charge in [0.1, 0.15) is 11.5 Å². The molecule has 2 rings (SSSR count). The maximum absolute atomic E-state index is 12.2. The molecule has 2 amide bonds. The number of amides is 2. The highest BCUT2D eigenvalue weighted by molar-refractivity contribution is 5.97. The molecule has 0 aliphatic carbocycles. The summed E-state index contributed by atoms with van der Waals surface area (Å²) < 4.78 is 4.99. The number of anilines is 1. The number of benzene rings is 2. The Kier molecular flexibility index (Phi) is 6.00. The molecule has 0 bridgehead atoms. The quantitative estimate of drug-likeness (QED) is 0.753. The lowest BCUT2D eigenvalue weighted by Crippen LogP contribution is -2.23. The van der Waals surface area contributed by atoms with Crippen molar-refractivity contribution in [1.29, 1.82) is 0 Å². The van der Waals surface area contributed by atoms with E-state index in [4.69, 9.17) is 4.74 Å². The molecule has 2 aromatic carbocycles. The summed E-state index contributed by atoms with van der Waals surface area (Å²) in [6, 6.07) is 11.7. The summed E-state index contributed by atoms with van der Waals surface area (Å²) in [5.74, 6) is -0.166. The van der Waals surface area contributed by atoms with Gasteiger partial charge in [0, 0.05) is 24.2 Å². The third kappa shape index (κ3) is 4.97. The van der Waals surface area contributed by atoms with Crippen LogP contribution in [0.25, 0.3) is 0 Å². The van der Waals surface area contributed by atoms with Gasteiger partial charge in [0.2, 0.25) is 5.91 Å². The summed E-state index contributed by atoms with van der Waals surface area (Å²) in [4.78, 5) is 23.8. The molecular weight excluding hydrogens is 320 g/mol.